The summed E-state index contributed by atoms with van der Waals surface area (Å²) in [5, 5.41) is 11.3. The fourth-order valence-corrected chi connectivity index (χ4v) is 0.887. The second-order valence-corrected chi connectivity index (χ2v) is 2.58. The van der Waals surface area contributed by atoms with Crippen LogP contribution in [-0.2, 0) is 11.4 Å². The number of aliphatic hydroxyl groups excluding tert-OH is 1. The average molecular weight is 181 g/mol. The Balaban J connectivity index is 2.89. The van der Waals surface area contributed by atoms with E-state index in [9.17, 15) is 4.79 Å². The highest BCUT2D eigenvalue weighted by Gasteiger charge is 2.01. The van der Waals surface area contributed by atoms with Crippen LogP contribution in [0.2, 0.25) is 0 Å². The number of amides is 1. The van der Waals surface area contributed by atoms with Crippen molar-refractivity contribution in [3.05, 3.63) is 17.7 Å². The molecular weight excluding hydrogens is 170 g/mol. The molecule has 70 valence electrons. The SMILES string of the molecule is CC(=O)Nc1ccc(CO)c(N)n1. The van der Waals surface area contributed by atoms with Crippen LogP contribution in [0.25, 0.3) is 0 Å². The van der Waals surface area contributed by atoms with Crippen molar-refractivity contribution in [2.24, 2.45) is 0 Å². The van der Waals surface area contributed by atoms with Crippen molar-refractivity contribution in [1.29, 1.82) is 0 Å². The quantitative estimate of drug-likeness (QED) is 0.604. The number of nitrogens with one attached hydrogen (secondary N) is 1. The number of rotatable bonds is 2. The van der Waals surface area contributed by atoms with Gasteiger partial charge in [0.15, 0.2) is 0 Å². The molecule has 0 saturated heterocycles. The Morgan fingerprint density at radius 2 is 2.38 bits per heavy atom. The number of nitrogens with zero attached hydrogens (tertiary/aromatic N) is 1. The van der Waals surface area contributed by atoms with Crippen molar-refractivity contribution in [3.63, 3.8) is 0 Å². The number of hydrogen-bond donors (Lipinski definition) is 3. The number of nitrogen functional groups attached to an aromatic ring is 1. The van der Waals surface area contributed by atoms with E-state index in [1.54, 1.807) is 12.1 Å². The van der Waals surface area contributed by atoms with Gasteiger partial charge in [0.1, 0.15) is 11.6 Å². The van der Waals surface area contributed by atoms with Gasteiger partial charge in [-0.25, -0.2) is 4.98 Å². The molecule has 0 spiro atoms. The first kappa shape index (κ1) is 9.47. The molecular formula is C8H11N3O2. The van der Waals surface area contributed by atoms with Crippen LogP contribution in [0.4, 0.5) is 11.6 Å². The summed E-state index contributed by atoms with van der Waals surface area (Å²) in [5.41, 5.74) is 6.04. The van der Waals surface area contributed by atoms with E-state index in [0.717, 1.165) is 0 Å². The second-order valence-electron chi connectivity index (χ2n) is 2.58. The molecule has 1 aromatic heterocycles. The molecule has 1 aromatic rings. The lowest BCUT2D eigenvalue weighted by Gasteiger charge is -2.04. The van der Waals surface area contributed by atoms with Gasteiger partial charge in [0.05, 0.1) is 6.61 Å². The van der Waals surface area contributed by atoms with Gasteiger partial charge < -0.3 is 16.2 Å². The van der Waals surface area contributed by atoms with Crippen molar-refractivity contribution >= 4 is 17.5 Å². The Kier molecular flexibility index (Phi) is 2.81. The summed E-state index contributed by atoms with van der Waals surface area (Å²) >= 11 is 0. The monoisotopic (exact) mass is 181 g/mol. The van der Waals surface area contributed by atoms with E-state index in [4.69, 9.17) is 10.8 Å². The van der Waals surface area contributed by atoms with Gasteiger partial charge in [-0.2, -0.15) is 0 Å². The van der Waals surface area contributed by atoms with Gasteiger partial charge in [-0.05, 0) is 12.1 Å². The highest BCUT2D eigenvalue weighted by molar-refractivity contribution is 5.87. The van der Waals surface area contributed by atoms with Crippen LogP contribution < -0.4 is 11.1 Å². The van der Waals surface area contributed by atoms with E-state index in [1.165, 1.54) is 6.92 Å². The fourth-order valence-electron chi connectivity index (χ4n) is 0.887. The molecule has 0 bridgehead atoms. The predicted octanol–water partition coefficient (Wildman–Crippen LogP) is 0.114. The lowest BCUT2D eigenvalue weighted by molar-refractivity contribution is -0.114. The fraction of sp³-hybridized carbons (Fsp3) is 0.250. The lowest BCUT2D eigenvalue weighted by Crippen LogP contribution is -2.09. The zero-order chi connectivity index (χ0) is 9.84. The number of hydrogen-bond acceptors (Lipinski definition) is 4. The van der Waals surface area contributed by atoms with Gasteiger partial charge in [-0.1, -0.05) is 0 Å². The molecule has 0 aliphatic rings. The Morgan fingerprint density at radius 3 is 2.85 bits per heavy atom. The third-order valence-electron chi connectivity index (χ3n) is 1.49. The third-order valence-corrected chi connectivity index (χ3v) is 1.49. The van der Waals surface area contributed by atoms with Crippen LogP contribution in [0.15, 0.2) is 12.1 Å². The largest absolute Gasteiger partial charge is 0.392 e. The minimum Gasteiger partial charge on any atom is -0.392 e. The second kappa shape index (κ2) is 3.86. The van der Waals surface area contributed by atoms with Crippen molar-refractivity contribution in [2.45, 2.75) is 13.5 Å². The molecule has 0 aliphatic heterocycles. The van der Waals surface area contributed by atoms with Crippen LogP contribution in [0.1, 0.15) is 12.5 Å². The number of carbonyl (C=O) groups is 1. The molecule has 0 fully saturated rings. The summed E-state index contributed by atoms with van der Waals surface area (Å²) in [6.45, 7) is 1.23. The Hall–Kier alpha value is -1.62. The summed E-state index contributed by atoms with van der Waals surface area (Å²) in [6.07, 6.45) is 0. The van der Waals surface area contributed by atoms with E-state index in [1.807, 2.05) is 0 Å². The molecule has 5 nitrogen and oxygen atoms in total. The van der Waals surface area contributed by atoms with Crippen LogP contribution in [0.3, 0.4) is 0 Å². The maximum absolute atomic E-state index is 10.6. The number of aromatic nitrogens is 1. The van der Waals surface area contributed by atoms with Gasteiger partial charge in [0.25, 0.3) is 0 Å². The normalized spacial score (nSPS) is 9.69. The van der Waals surface area contributed by atoms with Gasteiger partial charge in [-0.3, -0.25) is 4.79 Å². The Morgan fingerprint density at radius 1 is 1.69 bits per heavy atom. The molecule has 4 N–H and O–H groups in total. The predicted molar refractivity (Wildman–Crippen MR) is 48.9 cm³/mol. The van der Waals surface area contributed by atoms with E-state index < -0.39 is 0 Å². The molecule has 13 heavy (non-hydrogen) atoms. The lowest BCUT2D eigenvalue weighted by atomic mass is 10.2. The third kappa shape index (κ3) is 2.41. The van der Waals surface area contributed by atoms with Crippen molar-refractivity contribution < 1.29 is 9.90 Å². The zero-order valence-electron chi connectivity index (χ0n) is 7.24. The molecule has 0 aliphatic carbocycles. The van der Waals surface area contributed by atoms with E-state index in [2.05, 4.69) is 10.3 Å². The Labute approximate surface area is 75.6 Å². The first-order valence-corrected chi connectivity index (χ1v) is 3.77. The maximum Gasteiger partial charge on any atom is 0.222 e. The highest BCUT2D eigenvalue weighted by atomic mass is 16.3. The number of aliphatic hydroxyl groups is 1. The molecule has 1 heterocycles. The van der Waals surface area contributed by atoms with Crippen LogP contribution in [0, 0.1) is 0 Å². The molecule has 1 rings (SSSR count). The van der Waals surface area contributed by atoms with Gasteiger partial charge in [0.2, 0.25) is 5.91 Å². The molecule has 5 heteroatoms. The Bertz CT molecular complexity index is 325. The zero-order valence-corrected chi connectivity index (χ0v) is 7.24. The van der Waals surface area contributed by atoms with Gasteiger partial charge in [0, 0.05) is 12.5 Å². The number of anilines is 2. The summed E-state index contributed by atoms with van der Waals surface area (Å²) in [5.74, 6) is 0.416. The summed E-state index contributed by atoms with van der Waals surface area (Å²) in [7, 11) is 0. The summed E-state index contributed by atoms with van der Waals surface area (Å²) in [4.78, 5) is 14.5. The summed E-state index contributed by atoms with van der Waals surface area (Å²) < 4.78 is 0. The standard InChI is InChI=1S/C8H11N3O2/c1-5(13)10-7-3-2-6(4-12)8(9)11-7/h2-3,12H,4H2,1H3,(H3,9,10,11,13). The molecule has 1 amide bonds. The van der Waals surface area contributed by atoms with Crippen LogP contribution in [0.5, 0.6) is 0 Å². The van der Waals surface area contributed by atoms with Gasteiger partial charge >= 0.3 is 0 Å². The number of nitrogens with two attached hydrogens (primary N) is 1. The van der Waals surface area contributed by atoms with Crippen molar-refractivity contribution in [3.8, 4) is 0 Å². The molecule has 0 aromatic carbocycles. The van der Waals surface area contributed by atoms with Crippen molar-refractivity contribution in [2.75, 3.05) is 11.1 Å². The van der Waals surface area contributed by atoms with Crippen molar-refractivity contribution in [1.82, 2.24) is 4.98 Å². The molecule has 0 unspecified atom stereocenters. The minimum absolute atomic E-state index is 0.154. The number of pyridine rings is 1. The average Bonchev–Trinajstić information content (AvgIpc) is 2.03. The number of carbonyl (C=O) groups excluding carboxylic acids is 1. The highest BCUT2D eigenvalue weighted by Crippen LogP contribution is 2.12. The first-order valence-electron chi connectivity index (χ1n) is 3.77. The topological polar surface area (TPSA) is 88.2 Å². The summed E-state index contributed by atoms with van der Waals surface area (Å²) in [6, 6.07) is 3.21. The van der Waals surface area contributed by atoms with Crippen LogP contribution >= 0.6 is 0 Å². The van der Waals surface area contributed by atoms with E-state index >= 15 is 0 Å². The van der Waals surface area contributed by atoms with E-state index in [-0.39, 0.29) is 18.3 Å². The maximum atomic E-state index is 10.6. The first-order chi connectivity index (χ1) is 6.13. The van der Waals surface area contributed by atoms with E-state index in [0.29, 0.717) is 11.4 Å². The minimum atomic E-state index is -0.205. The molecule has 0 atom stereocenters. The van der Waals surface area contributed by atoms with Crippen LogP contribution in [-0.4, -0.2) is 16.0 Å². The van der Waals surface area contributed by atoms with Gasteiger partial charge in [-0.15, -0.1) is 0 Å². The molecule has 0 radical (unpaired) electrons. The molecule has 0 saturated carbocycles. The smallest absolute Gasteiger partial charge is 0.222 e.